The number of aromatic nitrogens is 3. The number of carbonyl (C=O) groups excluding carboxylic acids is 4. The summed E-state index contributed by atoms with van der Waals surface area (Å²) in [6.07, 6.45) is 11.9. The van der Waals surface area contributed by atoms with E-state index in [1.54, 1.807) is 12.1 Å². The molecule has 3 N–H and O–H groups in total. The van der Waals surface area contributed by atoms with Gasteiger partial charge in [0.1, 0.15) is 18.4 Å². The highest BCUT2D eigenvalue weighted by Crippen LogP contribution is 2.32. The van der Waals surface area contributed by atoms with Gasteiger partial charge in [0, 0.05) is 124 Å². The number of aldehydes is 1. The molecule has 1 unspecified atom stereocenters. The molecular weight excluding hydrogens is 749 g/mol. The van der Waals surface area contributed by atoms with Crippen LogP contribution < -0.4 is 15.0 Å². The Hall–Kier alpha value is -5.70. The second-order valence-electron chi connectivity index (χ2n) is 15.8. The highest BCUT2D eigenvalue weighted by Gasteiger charge is 2.42. The fraction of sp³-hybridized carbons (Fsp3) is 0.422. The number of nitrogens with zero attached hydrogens (tertiary/aromatic N) is 6. The Morgan fingerprint density at radius 3 is 2.31 bits per heavy atom. The van der Waals surface area contributed by atoms with E-state index in [0.717, 1.165) is 122 Å². The number of benzene rings is 2. The van der Waals surface area contributed by atoms with Gasteiger partial charge in [0.05, 0.1) is 17.2 Å². The molecule has 1 saturated carbocycles. The van der Waals surface area contributed by atoms with Crippen LogP contribution in [-0.4, -0.2) is 136 Å². The standard InChI is InChI=1S/C25H35N5O5.C20H17N3O/c1-26-23(33)22(3-2-16-31)30-24(34)20-5-4-18(17-21(20)25(30)35)29-14-12-28(13-15-29)11-10-27-8-6-19(32)7-9-27;1-2-15(3-1)24-20-7-5-14(11-22-20)13-4-6-16-17-12-21-9-8-18(17)23-19(16)10-13/h4-5,16-17,19,22,32H,2-3,6-15H2,1H3,(H,26,33);4-12,15,23H,1-3H2. The number of amides is 3. The molecule has 0 radical (unpaired) electrons. The van der Waals surface area contributed by atoms with Crippen LogP contribution in [0.25, 0.3) is 32.9 Å². The highest BCUT2D eigenvalue weighted by molar-refractivity contribution is 6.23. The van der Waals surface area contributed by atoms with E-state index in [-0.39, 0.29) is 18.9 Å². The zero-order valence-electron chi connectivity index (χ0n) is 33.5. The Bertz CT molecular complexity index is 2290. The number of ether oxygens (including phenoxy) is 1. The molecule has 9 rings (SSSR count). The van der Waals surface area contributed by atoms with Crippen molar-refractivity contribution < 1.29 is 29.0 Å². The van der Waals surface area contributed by atoms with Crippen LogP contribution in [0.15, 0.2) is 73.2 Å². The fourth-order valence-electron chi connectivity index (χ4n) is 8.36. The first kappa shape index (κ1) is 40.1. The van der Waals surface area contributed by atoms with Crippen molar-refractivity contribution in [2.24, 2.45) is 0 Å². The predicted molar refractivity (Wildman–Crippen MR) is 226 cm³/mol. The molecule has 3 aliphatic heterocycles. The lowest BCUT2D eigenvalue weighted by Gasteiger charge is -2.38. The second kappa shape index (κ2) is 18.1. The van der Waals surface area contributed by atoms with E-state index < -0.39 is 23.8 Å². The van der Waals surface area contributed by atoms with Crippen molar-refractivity contribution in [2.45, 2.75) is 63.2 Å². The Morgan fingerprint density at radius 1 is 0.864 bits per heavy atom. The number of fused-ring (bicyclic) bond motifs is 4. The number of piperidine rings is 1. The fourth-order valence-corrected chi connectivity index (χ4v) is 8.36. The van der Waals surface area contributed by atoms with Crippen LogP contribution in [0.2, 0.25) is 0 Å². The number of H-pyrrole nitrogens is 1. The van der Waals surface area contributed by atoms with Crippen molar-refractivity contribution in [1.29, 1.82) is 0 Å². The first-order valence-corrected chi connectivity index (χ1v) is 20.8. The number of pyridine rings is 2. The van der Waals surface area contributed by atoms with Crippen molar-refractivity contribution in [3.05, 3.63) is 84.3 Å². The van der Waals surface area contributed by atoms with E-state index in [4.69, 9.17) is 4.74 Å². The third-order valence-corrected chi connectivity index (χ3v) is 12.2. The number of piperazine rings is 1. The molecule has 4 aliphatic rings. The second-order valence-corrected chi connectivity index (χ2v) is 15.8. The van der Waals surface area contributed by atoms with Gasteiger partial charge < -0.3 is 34.7 Å². The average Bonchev–Trinajstić information content (AvgIpc) is 3.75. The van der Waals surface area contributed by atoms with Crippen LogP contribution in [0, 0.1) is 0 Å². The van der Waals surface area contributed by atoms with Crippen LogP contribution in [-0.2, 0) is 9.59 Å². The van der Waals surface area contributed by atoms with Crippen LogP contribution in [0.3, 0.4) is 0 Å². The lowest BCUT2D eigenvalue weighted by Crippen LogP contribution is -2.49. The molecule has 14 nitrogen and oxygen atoms in total. The van der Waals surface area contributed by atoms with Crippen LogP contribution in [0.4, 0.5) is 5.69 Å². The summed E-state index contributed by atoms with van der Waals surface area (Å²) in [5.41, 5.74) is 5.95. The van der Waals surface area contributed by atoms with Gasteiger partial charge in [0.15, 0.2) is 0 Å². The maximum absolute atomic E-state index is 13.2. The topological polar surface area (TPSA) is 164 Å². The monoisotopic (exact) mass is 800 g/mol. The molecule has 3 aromatic heterocycles. The van der Waals surface area contributed by atoms with Crippen molar-refractivity contribution >= 4 is 51.5 Å². The van der Waals surface area contributed by atoms with Gasteiger partial charge in [-0.3, -0.25) is 29.2 Å². The van der Waals surface area contributed by atoms with E-state index in [0.29, 0.717) is 23.5 Å². The minimum atomic E-state index is -1.01. The van der Waals surface area contributed by atoms with Crippen LogP contribution >= 0.6 is 0 Å². The number of likely N-dealkylation sites (tertiary alicyclic amines) is 1. The number of hydrogen-bond donors (Lipinski definition) is 3. The molecule has 14 heteroatoms. The van der Waals surface area contributed by atoms with Gasteiger partial charge in [0.25, 0.3) is 11.8 Å². The third-order valence-electron chi connectivity index (χ3n) is 12.2. The van der Waals surface area contributed by atoms with Gasteiger partial charge in [-0.15, -0.1) is 0 Å². The quantitative estimate of drug-likeness (QED) is 0.119. The first-order chi connectivity index (χ1) is 28.8. The lowest BCUT2D eigenvalue weighted by atomic mass is 9.96. The molecule has 1 atom stereocenters. The van der Waals surface area contributed by atoms with Crippen molar-refractivity contribution in [3.8, 4) is 17.0 Å². The van der Waals surface area contributed by atoms with E-state index in [2.05, 4.69) is 59.2 Å². The summed E-state index contributed by atoms with van der Waals surface area (Å²) in [5, 5.41) is 14.5. The molecule has 2 saturated heterocycles. The molecule has 0 bridgehead atoms. The molecule has 1 aliphatic carbocycles. The summed E-state index contributed by atoms with van der Waals surface area (Å²) in [7, 11) is 1.45. The number of anilines is 1. The zero-order chi connectivity index (χ0) is 40.9. The summed E-state index contributed by atoms with van der Waals surface area (Å²) in [5.74, 6) is -0.720. The van der Waals surface area contributed by atoms with Gasteiger partial charge in [-0.25, -0.2) is 4.98 Å². The van der Waals surface area contributed by atoms with Crippen molar-refractivity contribution in [2.75, 3.05) is 64.3 Å². The molecule has 3 amide bonds. The summed E-state index contributed by atoms with van der Waals surface area (Å²) in [6.45, 7) is 7.39. The minimum absolute atomic E-state index is 0.0841. The number of aliphatic hydroxyl groups excluding tert-OH is 1. The average molecular weight is 801 g/mol. The van der Waals surface area contributed by atoms with E-state index in [9.17, 15) is 24.3 Å². The molecule has 5 aromatic rings. The Morgan fingerprint density at radius 2 is 1.61 bits per heavy atom. The largest absolute Gasteiger partial charge is 0.474 e. The number of imide groups is 1. The lowest BCUT2D eigenvalue weighted by molar-refractivity contribution is -0.124. The van der Waals surface area contributed by atoms with Gasteiger partial charge in [-0.2, -0.15) is 0 Å². The minimum Gasteiger partial charge on any atom is -0.474 e. The molecule has 2 aromatic carbocycles. The van der Waals surface area contributed by atoms with Gasteiger partial charge in [-0.1, -0.05) is 12.1 Å². The molecule has 6 heterocycles. The smallest absolute Gasteiger partial charge is 0.262 e. The van der Waals surface area contributed by atoms with Gasteiger partial charge >= 0.3 is 0 Å². The normalized spacial score (nSPS) is 18.3. The Labute approximate surface area is 343 Å². The number of aromatic amines is 1. The number of rotatable bonds is 12. The summed E-state index contributed by atoms with van der Waals surface area (Å²) in [6, 6.07) is 16.8. The zero-order valence-corrected chi connectivity index (χ0v) is 33.5. The van der Waals surface area contributed by atoms with Crippen molar-refractivity contribution in [1.82, 2.24) is 35.0 Å². The van der Waals surface area contributed by atoms with E-state index in [1.165, 1.54) is 18.9 Å². The highest BCUT2D eigenvalue weighted by atomic mass is 16.5. The van der Waals surface area contributed by atoms with Crippen molar-refractivity contribution in [3.63, 3.8) is 0 Å². The molecule has 0 spiro atoms. The van der Waals surface area contributed by atoms with Gasteiger partial charge in [-0.05, 0) is 80.5 Å². The van der Waals surface area contributed by atoms with Crippen LogP contribution in [0.1, 0.15) is 65.7 Å². The van der Waals surface area contributed by atoms with Crippen LogP contribution in [0.5, 0.6) is 5.88 Å². The third kappa shape index (κ3) is 8.85. The predicted octanol–water partition coefficient (Wildman–Crippen LogP) is 4.66. The first-order valence-electron chi connectivity index (χ1n) is 20.8. The van der Waals surface area contributed by atoms with E-state index in [1.807, 2.05) is 36.8 Å². The molecular formula is C45H52N8O6. The number of carbonyl (C=O) groups is 4. The molecule has 308 valence electrons. The Kier molecular flexibility index (Phi) is 12.3. The molecule has 59 heavy (non-hydrogen) atoms. The number of aliphatic hydroxyl groups is 1. The SMILES string of the molecule is CNC(=O)C(CCC=O)N1C(=O)c2ccc(N3CCN(CCN4CCC(O)CC4)CC3)cc2C1=O.c1cc2[nH]c3cc(-c4ccc(OC5CCC5)nc4)ccc3c2cn1. The maximum atomic E-state index is 13.2. The number of nitrogens with one attached hydrogen (secondary N) is 2. The summed E-state index contributed by atoms with van der Waals surface area (Å²) >= 11 is 0. The van der Waals surface area contributed by atoms with Gasteiger partial charge in [0.2, 0.25) is 11.8 Å². The summed E-state index contributed by atoms with van der Waals surface area (Å²) in [4.78, 5) is 69.6. The summed E-state index contributed by atoms with van der Waals surface area (Å²) < 4.78 is 5.83. The maximum Gasteiger partial charge on any atom is 0.262 e. The molecule has 3 fully saturated rings. The Balaban J connectivity index is 0.000000175. The van der Waals surface area contributed by atoms with E-state index >= 15 is 0 Å². The number of hydrogen-bond acceptors (Lipinski definition) is 11. The number of likely N-dealkylation sites (N-methyl/N-ethyl adjacent to an activating group) is 1.